The molecule has 1 aliphatic heterocycles. The second kappa shape index (κ2) is 7.25. The van der Waals surface area contributed by atoms with Gasteiger partial charge in [0.1, 0.15) is 0 Å². The number of amides is 1. The Bertz CT molecular complexity index is 1140. The van der Waals surface area contributed by atoms with Crippen LogP contribution in [0, 0.1) is 0 Å². The number of aromatic nitrogens is 1. The molecule has 3 aromatic rings. The highest BCUT2D eigenvalue weighted by molar-refractivity contribution is 6.02. The summed E-state index contributed by atoms with van der Waals surface area (Å²) in [4.78, 5) is 25.3. The van der Waals surface area contributed by atoms with Gasteiger partial charge in [-0.25, -0.2) is 0 Å². The molecule has 0 atom stereocenters. The SMILES string of the molecule is CC(C)(O)Cn1ccc2c(NC(=O)Cc3ccc4c(c3)OCO4)cccc2c1=O. The Balaban J connectivity index is 1.57. The average Bonchev–Trinajstić information content (AvgIpc) is 3.11. The Hall–Kier alpha value is -3.32. The summed E-state index contributed by atoms with van der Waals surface area (Å²) < 4.78 is 12.1. The fraction of sp³-hybridized carbons (Fsp3) is 0.273. The van der Waals surface area contributed by atoms with E-state index in [4.69, 9.17) is 9.47 Å². The van der Waals surface area contributed by atoms with Crippen LogP contribution >= 0.6 is 0 Å². The van der Waals surface area contributed by atoms with Crippen LogP contribution in [0.25, 0.3) is 10.8 Å². The number of benzene rings is 2. The first-order valence-corrected chi connectivity index (χ1v) is 9.33. The quantitative estimate of drug-likeness (QED) is 0.695. The van der Waals surface area contributed by atoms with Crippen molar-refractivity contribution in [2.75, 3.05) is 12.1 Å². The molecule has 0 unspecified atom stereocenters. The molecule has 7 heteroatoms. The van der Waals surface area contributed by atoms with E-state index in [0.29, 0.717) is 28.0 Å². The number of fused-ring (bicyclic) bond motifs is 2. The molecule has 0 spiro atoms. The lowest BCUT2D eigenvalue weighted by molar-refractivity contribution is -0.115. The van der Waals surface area contributed by atoms with Gasteiger partial charge < -0.3 is 24.5 Å². The maximum Gasteiger partial charge on any atom is 0.258 e. The molecule has 1 amide bonds. The number of aliphatic hydroxyl groups is 1. The topological polar surface area (TPSA) is 89.8 Å². The van der Waals surface area contributed by atoms with E-state index in [0.717, 1.165) is 5.56 Å². The number of ether oxygens (including phenoxy) is 2. The van der Waals surface area contributed by atoms with Crippen molar-refractivity contribution in [3.8, 4) is 11.5 Å². The maximum absolute atomic E-state index is 12.8. The summed E-state index contributed by atoms with van der Waals surface area (Å²) in [5.74, 6) is 1.11. The van der Waals surface area contributed by atoms with Crippen molar-refractivity contribution in [1.29, 1.82) is 0 Å². The number of hydrogen-bond acceptors (Lipinski definition) is 5. The van der Waals surface area contributed by atoms with Gasteiger partial charge in [0, 0.05) is 22.7 Å². The Morgan fingerprint density at radius 2 is 1.93 bits per heavy atom. The predicted molar refractivity (Wildman–Crippen MR) is 109 cm³/mol. The van der Waals surface area contributed by atoms with Crippen molar-refractivity contribution < 1.29 is 19.4 Å². The smallest absolute Gasteiger partial charge is 0.258 e. The van der Waals surface area contributed by atoms with E-state index in [1.807, 2.05) is 6.07 Å². The summed E-state index contributed by atoms with van der Waals surface area (Å²) in [5, 5.41) is 14.0. The van der Waals surface area contributed by atoms with Crippen LogP contribution in [0.2, 0.25) is 0 Å². The van der Waals surface area contributed by atoms with E-state index < -0.39 is 5.60 Å². The zero-order chi connectivity index (χ0) is 20.6. The fourth-order valence-electron chi connectivity index (χ4n) is 3.40. The van der Waals surface area contributed by atoms with Crippen molar-refractivity contribution >= 4 is 22.4 Å². The Labute approximate surface area is 167 Å². The molecule has 150 valence electrons. The second-order valence-electron chi connectivity index (χ2n) is 7.74. The van der Waals surface area contributed by atoms with Crippen LogP contribution in [0.15, 0.2) is 53.5 Å². The Morgan fingerprint density at radius 1 is 1.14 bits per heavy atom. The first kappa shape index (κ1) is 19.0. The van der Waals surface area contributed by atoms with E-state index in [2.05, 4.69) is 5.32 Å². The molecule has 2 heterocycles. The molecular formula is C22H22N2O5. The molecule has 7 nitrogen and oxygen atoms in total. The van der Waals surface area contributed by atoms with Crippen molar-refractivity contribution in [3.63, 3.8) is 0 Å². The number of nitrogens with one attached hydrogen (secondary N) is 1. The number of nitrogens with zero attached hydrogens (tertiary/aromatic N) is 1. The molecule has 0 radical (unpaired) electrons. The summed E-state index contributed by atoms with van der Waals surface area (Å²) in [5.41, 5.74) is 0.158. The Kier molecular flexibility index (Phi) is 4.76. The van der Waals surface area contributed by atoms with Crippen LogP contribution in [0.3, 0.4) is 0 Å². The number of carbonyl (C=O) groups excluding carboxylic acids is 1. The van der Waals surface area contributed by atoms with Gasteiger partial charge in [0.2, 0.25) is 12.7 Å². The highest BCUT2D eigenvalue weighted by atomic mass is 16.7. The summed E-state index contributed by atoms with van der Waals surface area (Å²) >= 11 is 0. The average molecular weight is 394 g/mol. The molecule has 1 aromatic heterocycles. The third-order valence-corrected chi connectivity index (χ3v) is 4.65. The number of rotatable bonds is 5. The summed E-state index contributed by atoms with van der Waals surface area (Å²) in [6.45, 7) is 3.67. The molecule has 0 fully saturated rings. The monoisotopic (exact) mass is 394 g/mol. The summed E-state index contributed by atoms with van der Waals surface area (Å²) in [6, 6.07) is 12.4. The standard InChI is InChI=1S/C22H22N2O5/c1-22(2,27)12-24-9-8-15-16(21(24)26)4-3-5-17(15)23-20(25)11-14-6-7-18-19(10-14)29-13-28-18/h3-10,27H,11-13H2,1-2H3,(H,23,25). The van der Waals surface area contributed by atoms with Crippen LogP contribution in [-0.4, -0.2) is 28.0 Å². The highest BCUT2D eigenvalue weighted by Gasteiger charge is 2.17. The number of hydrogen-bond donors (Lipinski definition) is 2. The van der Waals surface area contributed by atoms with Gasteiger partial charge in [-0.3, -0.25) is 9.59 Å². The van der Waals surface area contributed by atoms with Gasteiger partial charge in [-0.2, -0.15) is 0 Å². The van der Waals surface area contributed by atoms with Gasteiger partial charge >= 0.3 is 0 Å². The highest BCUT2D eigenvalue weighted by Crippen LogP contribution is 2.32. The first-order valence-electron chi connectivity index (χ1n) is 9.33. The van der Waals surface area contributed by atoms with Gasteiger partial charge in [0.05, 0.1) is 18.6 Å². The predicted octanol–water partition coefficient (Wildman–Crippen LogP) is 2.68. The van der Waals surface area contributed by atoms with Gasteiger partial charge in [-0.15, -0.1) is 0 Å². The van der Waals surface area contributed by atoms with Gasteiger partial charge in [-0.05, 0) is 49.7 Å². The first-order chi connectivity index (χ1) is 13.8. The van der Waals surface area contributed by atoms with Gasteiger partial charge in [-0.1, -0.05) is 12.1 Å². The minimum absolute atomic E-state index is 0.169. The van der Waals surface area contributed by atoms with Crippen molar-refractivity contribution in [2.24, 2.45) is 0 Å². The molecule has 29 heavy (non-hydrogen) atoms. The molecule has 1 aliphatic rings. The van der Waals surface area contributed by atoms with E-state index in [-0.39, 0.29) is 31.2 Å². The van der Waals surface area contributed by atoms with Crippen molar-refractivity contribution in [2.45, 2.75) is 32.4 Å². The van der Waals surface area contributed by atoms with Crippen LogP contribution in [0.4, 0.5) is 5.69 Å². The van der Waals surface area contributed by atoms with E-state index in [1.54, 1.807) is 56.4 Å². The minimum Gasteiger partial charge on any atom is -0.454 e. The largest absolute Gasteiger partial charge is 0.454 e. The molecular weight excluding hydrogens is 372 g/mol. The normalized spacial score (nSPS) is 12.9. The van der Waals surface area contributed by atoms with Crippen LogP contribution in [-0.2, 0) is 17.8 Å². The molecule has 4 rings (SSSR count). The Morgan fingerprint density at radius 3 is 2.72 bits per heavy atom. The van der Waals surface area contributed by atoms with Crippen LogP contribution < -0.4 is 20.3 Å². The summed E-state index contributed by atoms with van der Waals surface area (Å²) in [7, 11) is 0. The molecule has 2 N–H and O–H groups in total. The number of anilines is 1. The van der Waals surface area contributed by atoms with Crippen LogP contribution in [0.5, 0.6) is 11.5 Å². The number of carbonyl (C=O) groups is 1. The molecule has 2 aromatic carbocycles. The minimum atomic E-state index is -1.01. The third-order valence-electron chi connectivity index (χ3n) is 4.65. The van der Waals surface area contributed by atoms with E-state index in [1.165, 1.54) is 4.57 Å². The molecule has 0 aliphatic carbocycles. The zero-order valence-corrected chi connectivity index (χ0v) is 16.3. The summed E-state index contributed by atoms with van der Waals surface area (Å²) in [6.07, 6.45) is 1.80. The van der Waals surface area contributed by atoms with Gasteiger partial charge in [0.25, 0.3) is 5.56 Å². The number of pyridine rings is 1. The lowest BCUT2D eigenvalue weighted by atomic mass is 10.1. The van der Waals surface area contributed by atoms with E-state index >= 15 is 0 Å². The molecule has 0 bridgehead atoms. The second-order valence-corrected chi connectivity index (χ2v) is 7.74. The van der Waals surface area contributed by atoms with Crippen LogP contribution in [0.1, 0.15) is 19.4 Å². The van der Waals surface area contributed by atoms with Crippen molar-refractivity contribution in [1.82, 2.24) is 4.57 Å². The van der Waals surface area contributed by atoms with E-state index in [9.17, 15) is 14.7 Å². The third kappa shape index (κ3) is 4.09. The molecule has 0 saturated heterocycles. The maximum atomic E-state index is 12.8. The van der Waals surface area contributed by atoms with Crippen molar-refractivity contribution in [3.05, 3.63) is 64.6 Å². The fourth-order valence-corrected chi connectivity index (χ4v) is 3.40. The lowest BCUT2D eigenvalue weighted by Crippen LogP contribution is -2.32. The molecule has 0 saturated carbocycles. The van der Waals surface area contributed by atoms with Gasteiger partial charge in [0.15, 0.2) is 11.5 Å². The lowest BCUT2D eigenvalue weighted by Gasteiger charge is -2.19. The zero-order valence-electron chi connectivity index (χ0n) is 16.3.